The summed E-state index contributed by atoms with van der Waals surface area (Å²) in [5, 5.41) is 3.66. The number of hydrogen-bond acceptors (Lipinski definition) is 2. The third-order valence-corrected chi connectivity index (χ3v) is 4.53. The summed E-state index contributed by atoms with van der Waals surface area (Å²) in [6.45, 7) is 9.08. The molecule has 106 valence electrons. The van der Waals surface area contributed by atoms with Crippen molar-refractivity contribution in [1.82, 2.24) is 5.32 Å². The van der Waals surface area contributed by atoms with Crippen molar-refractivity contribution >= 4 is 21.6 Å². The van der Waals surface area contributed by atoms with Gasteiger partial charge < -0.3 is 10.2 Å². The summed E-state index contributed by atoms with van der Waals surface area (Å²) in [5.74, 6) is 0. The topological polar surface area (TPSA) is 15.3 Å². The molecule has 2 rings (SSSR count). The number of hydrogen-bond donors (Lipinski definition) is 1. The van der Waals surface area contributed by atoms with Crippen LogP contribution in [0.25, 0.3) is 0 Å². The maximum atomic E-state index is 3.66. The molecule has 1 aliphatic rings. The largest absolute Gasteiger partial charge is 0.368 e. The molecule has 0 bridgehead atoms. The minimum absolute atomic E-state index is 0.608. The molecule has 0 aliphatic carbocycles. The molecule has 2 nitrogen and oxygen atoms in total. The van der Waals surface area contributed by atoms with Crippen molar-refractivity contribution in [3.05, 3.63) is 28.2 Å². The fraction of sp³-hybridized carbons (Fsp3) is 0.625. The van der Waals surface area contributed by atoms with Gasteiger partial charge in [0.05, 0.1) is 0 Å². The van der Waals surface area contributed by atoms with Crippen LogP contribution < -0.4 is 10.2 Å². The summed E-state index contributed by atoms with van der Waals surface area (Å²) < 4.78 is 1.17. The van der Waals surface area contributed by atoms with E-state index < -0.39 is 0 Å². The van der Waals surface area contributed by atoms with Crippen LogP contribution in [-0.4, -0.2) is 25.2 Å². The van der Waals surface area contributed by atoms with Gasteiger partial charge in [-0.15, -0.1) is 0 Å². The van der Waals surface area contributed by atoms with Crippen LogP contribution in [0.2, 0.25) is 0 Å². The minimum atomic E-state index is 0.608. The monoisotopic (exact) mass is 324 g/mol. The van der Waals surface area contributed by atoms with E-state index in [0.29, 0.717) is 12.1 Å². The van der Waals surface area contributed by atoms with Crippen molar-refractivity contribution < 1.29 is 0 Å². The summed E-state index contributed by atoms with van der Waals surface area (Å²) in [4.78, 5) is 2.56. The molecule has 3 heteroatoms. The quantitative estimate of drug-likeness (QED) is 0.896. The van der Waals surface area contributed by atoms with Crippen molar-refractivity contribution in [3.8, 4) is 0 Å². The minimum Gasteiger partial charge on any atom is -0.368 e. The Morgan fingerprint density at radius 1 is 1.42 bits per heavy atom. The molecule has 1 N–H and O–H groups in total. The van der Waals surface area contributed by atoms with Gasteiger partial charge in [0.15, 0.2) is 0 Å². The Morgan fingerprint density at radius 3 is 2.89 bits per heavy atom. The molecule has 0 saturated carbocycles. The normalized spacial score (nSPS) is 23.7. The van der Waals surface area contributed by atoms with Crippen LogP contribution in [0.3, 0.4) is 0 Å². The highest BCUT2D eigenvalue weighted by Crippen LogP contribution is 2.30. The second-order valence-corrected chi connectivity index (χ2v) is 6.56. The lowest BCUT2D eigenvalue weighted by atomic mass is 9.96. The third kappa shape index (κ3) is 3.73. The van der Waals surface area contributed by atoms with Crippen LogP contribution in [0.4, 0.5) is 5.69 Å². The van der Waals surface area contributed by atoms with Gasteiger partial charge in [-0.1, -0.05) is 28.9 Å². The van der Waals surface area contributed by atoms with E-state index in [2.05, 4.69) is 65.1 Å². The zero-order valence-corrected chi connectivity index (χ0v) is 13.8. The van der Waals surface area contributed by atoms with E-state index >= 15 is 0 Å². The van der Waals surface area contributed by atoms with Gasteiger partial charge in [-0.05, 0) is 57.4 Å². The van der Waals surface area contributed by atoms with Crippen molar-refractivity contribution in [2.45, 2.75) is 52.1 Å². The Labute approximate surface area is 125 Å². The van der Waals surface area contributed by atoms with Gasteiger partial charge in [0.2, 0.25) is 0 Å². The Morgan fingerprint density at radius 2 is 2.21 bits per heavy atom. The maximum absolute atomic E-state index is 3.66. The SMILES string of the molecule is CCCNC1CCN(c2cc(Br)ccc2C)C(C)C1. The molecule has 0 amide bonds. The second kappa shape index (κ2) is 6.76. The third-order valence-electron chi connectivity index (χ3n) is 4.04. The number of rotatable bonds is 4. The van der Waals surface area contributed by atoms with Crippen LogP contribution in [-0.2, 0) is 0 Å². The fourth-order valence-corrected chi connectivity index (χ4v) is 3.30. The van der Waals surface area contributed by atoms with Gasteiger partial charge in [-0.2, -0.15) is 0 Å². The van der Waals surface area contributed by atoms with E-state index in [4.69, 9.17) is 0 Å². The van der Waals surface area contributed by atoms with Gasteiger partial charge >= 0.3 is 0 Å². The summed E-state index contributed by atoms with van der Waals surface area (Å²) >= 11 is 3.59. The molecule has 1 fully saturated rings. The van der Waals surface area contributed by atoms with Gasteiger partial charge in [0.25, 0.3) is 0 Å². The molecule has 2 atom stereocenters. The molecule has 1 aromatic rings. The lowest BCUT2D eigenvalue weighted by Gasteiger charge is -2.40. The fourth-order valence-electron chi connectivity index (χ4n) is 2.96. The van der Waals surface area contributed by atoms with Crippen molar-refractivity contribution in [2.24, 2.45) is 0 Å². The number of piperidine rings is 1. The van der Waals surface area contributed by atoms with Gasteiger partial charge in [0, 0.05) is 28.8 Å². The van der Waals surface area contributed by atoms with E-state index in [1.54, 1.807) is 0 Å². The first-order chi connectivity index (χ1) is 9.11. The first-order valence-electron chi connectivity index (χ1n) is 7.38. The number of anilines is 1. The molecule has 0 radical (unpaired) electrons. The van der Waals surface area contributed by atoms with Crippen molar-refractivity contribution in [3.63, 3.8) is 0 Å². The Balaban J connectivity index is 2.05. The predicted molar refractivity (Wildman–Crippen MR) is 87.0 cm³/mol. The molecule has 2 unspecified atom stereocenters. The number of nitrogens with one attached hydrogen (secondary N) is 1. The Hall–Kier alpha value is -0.540. The molecule has 1 aromatic carbocycles. The average molecular weight is 325 g/mol. The zero-order chi connectivity index (χ0) is 13.8. The highest BCUT2D eigenvalue weighted by molar-refractivity contribution is 9.10. The van der Waals surface area contributed by atoms with E-state index in [1.165, 1.54) is 35.0 Å². The molecule has 19 heavy (non-hydrogen) atoms. The van der Waals surface area contributed by atoms with Gasteiger partial charge in [-0.3, -0.25) is 0 Å². The molecular weight excluding hydrogens is 300 g/mol. The second-order valence-electron chi connectivity index (χ2n) is 5.65. The van der Waals surface area contributed by atoms with Crippen LogP contribution in [0, 0.1) is 6.92 Å². The van der Waals surface area contributed by atoms with Crippen LogP contribution in [0.15, 0.2) is 22.7 Å². The number of nitrogens with zero attached hydrogens (tertiary/aromatic N) is 1. The molecule has 0 spiro atoms. The standard InChI is InChI=1S/C16H25BrN2/c1-4-8-18-15-7-9-19(13(3)10-15)16-11-14(17)6-5-12(16)2/h5-6,11,13,15,18H,4,7-10H2,1-3H3. The van der Waals surface area contributed by atoms with Gasteiger partial charge in [-0.25, -0.2) is 0 Å². The first kappa shape index (κ1) is 14.9. The zero-order valence-electron chi connectivity index (χ0n) is 12.2. The lowest BCUT2D eigenvalue weighted by molar-refractivity contribution is 0.368. The van der Waals surface area contributed by atoms with E-state index in [-0.39, 0.29) is 0 Å². The summed E-state index contributed by atoms with van der Waals surface area (Å²) in [7, 11) is 0. The summed E-state index contributed by atoms with van der Waals surface area (Å²) in [6.07, 6.45) is 3.71. The Kier molecular flexibility index (Phi) is 5.28. The average Bonchev–Trinajstić information content (AvgIpc) is 2.40. The van der Waals surface area contributed by atoms with E-state index in [0.717, 1.165) is 13.1 Å². The van der Waals surface area contributed by atoms with Crippen molar-refractivity contribution in [1.29, 1.82) is 0 Å². The molecular formula is C16H25BrN2. The molecule has 0 aromatic heterocycles. The molecule has 1 aliphatic heterocycles. The smallest absolute Gasteiger partial charge is 0.0409 e. The number of benzene rings is 1. The summed E-state index contributed by atoms with van der Waals surface area (Å²) in [6, 6.07) is 7.88. The highest BCUT2D eigenvalue weighted by atomic mass is 79.9. The van der Waals surface area contributed by atoms with Crippen LogP contribution in [0.5, 0.6) is 0 Å². The Bertz CT molecular complexity index is 419. The van der Waals surface area contributed by atoms with Crippen LogP contribution >= 0.6 is 15.9 Å². The van der Waals surface area contributed by atoms with E-state index in [1.807, 2.05) is 0 Å². The maximum Gasteiger partial charge on any atom is 0.0409 e. The molecule has 1 saturated heterocycles. The number of halogens is 1. The molecule has 1 heterocycles. The predicted octanol–water partition coefficient (Wildman–Crippen LogP) is 4.11. The first-order valence-corrected chi connectivity index (χ1v) is 8.17. The summed E-state index contributed by atoms with van der Waals surface area (Å²) in [5.41, 5.74) is 2.76. The highest BCUT2D eigenvalue weighted by Gasteiger charge is 2.25. The van der Waals surface area contributed by atoms with E-state index in [9.17, 15) is 0 Å². The van der Waals surface area contributed by atoms with Crippen molar-refractivity contribution in [2.75, 3.05) is 18.0 Å². The number of aryl methyl sites for hydroxylation is 1. The van der Waals surface area contributed by atoms with Crippen LogP contribution in [0.1, 0.15) is 38.7 Å². The lowest BCUT2D eigenvalue weighted by Crippen LogP contribution is -2.47. The van der Waals surface area contributed by atoms with Gasteiger partial charge in [0.1, 0.15) is 0 Å².